The standard InChI is InChI=1S/C18H19N7O.C4H7NO/c19-12-3-5-24(7-12)14-2-1-11-4-6-26-16(11)13(14)8-25-10-23-15-17(20)21-9-22-18(15)25;6-3-5-4-1-2-4/h1-2,4,6,9-10,12H,3,5,7-8,19H2,(H2,20,21,22);3-4H,1-2H2,(H,5,6). The minimum Gasteiger partial charge on any atom is -0.464 e. The molecule has 1 saturated carbocycles. The lowest BCUT2D eigenvalue weighted by atomic mass is 10.1. The Kier molecular flexibility index (Phi) is 5.36. The lowest BCUT2D eigenvalue weighted by molar-refractivity contribution is -0.109. The summed E-state index contributed by atoms with van der Waals surface area (Å²) in [4.78, 5) is 24.6. The Morgan fingerprint density at radius 2 is 2.06 bits per heavy atom. The maximum absolute atomic E-state index is 9.54. The first-order valence-electron chi connectivity index (χ1n) is 10.7. The van der Waals surface area contributed by atoms with Crippen LogP contribution in [0.2, 0.25) is 0 Å². The molecule has 1 aliphatic carbocycles. The van der Waals surface area contributed by atoms with Crippen molar-refractivity contribution in [3.8, 4) is 0 Å². The smallest absolute Gasteiger partial charge is 0.207 e. The SMILES string of the molecule is Nc1ncnc2c1ncn2Cc1c(N2CCC(N)C2)ccc2ccoc12.O=CNC1CC1. The average Bonchev–Trinajstić information content (AvgIpc) is 3.16. The molecule has 1 aliphatic heterocycles. The summed E-state index contributed by atoms with van der Waals surface area (Å²) in [6, 6.07) is 6.95. The molecule has 3 aromatic heterocycles. The van der Waals surface area contributed by atoms with Crippen LogP contribution in [0.5, 0.6) is 0 Å². The summed E-state index contributed by atoms with van der Waals surface area (Å²) in [5.74, 6) is 0.385. The second kappa shape index (κ2) is 8.46. The molecule has 2 fully saturated rings. The number of benzene rings is 1. The van der Waals surface area contributed by atoms with E-state index in [2.05, 4.69) is 37.3 Å². The molecule has 4 aromatic rings. The van der Waals surface area contributed by atoms with Crippen LogP contribution < -0.4 is 21.7 Å². The zero-order valence-corrected chi connectivity index (χ0v) is 17.6. The molecule has 0 radical (unpaired) electrons. The van der Waals surface area contributed by atoms with E-state index in [1.165, 1.54) is 19.2 Å². The molecule has 32 heavy (non-hydrogen) atoms. The fourth-order valence-corrected chi connectivity index (χ4v) is 4.07. The van der Waals surface area contributed by atoms with Gasteiger partial charge < -0.3 is 30.7 Å². The van der Waals surface area contributed by atoms with Gasteiger partial charge in [0.1, 0.15) is 17.4 Å². The molecule has 2 aliphatic rings. The molecule has 0 spiro atoms. The number of carbonyl (C=O) groups is 1. The Morgan fingerprint density at radius 3 is 2.78 bits per heavy atom. The summed E-state index contributed by atoms with van der Waals surface area (Å²) >= 11 is 0. The Labute approximate surface area is 184 Å². The number of rotatable bonds is 5. The lowest BCUT2D eigenvalue weighted by Gasteiger charge is -2.22. The maximum atomic E-state index is 9.54. The number of hydrogen-bond acceptors (Lipinski definition) is 8. The van der Waals surface area contributed by atoms with Crippen molar-refractivity contribution < 1.29 is 9.21 Å². The van der Waals surface area contributed by atoms with E-state index in [9.17, 15) is 4.79 Å². The van der Waals surface area contributed by atoms with Gasteiger partial charge >= 0.3 is 0 Å². The number of anilines is 2. The van der Waals surface area contributed by atoms with Crippen LogP contribution in [-0.2, 0) is 11.3 Å². The fraction of sp³-hybridized carbons (Fsp3) is 0.364. The van der Waals surface area contributed by atoms with Gasteiger partial charge in [-0.2, -0.15) is 0 Å². The molecule has 4 heterocycles. The fourth-order valence-electron chi connectivity index (χ4n) is 4.07. The molecule has 166 valence electrons. The quantitative estimate of drug-likeness (QED) is 0.403. The molecular weight excluding hydrogens is 408 g/mol. The molecule has 10 heteroatoms. The van der Waals surface area contributed by atoms with E-state index in [0.717, 1.165) is 48.1 Å². The Hall–Kier alpha value is -3.66. The number of amides is 1. The van der Waals surface area contributed by atoms with Crippen LogP contribution in [0.15, 0.2) is 41.5 Å². The Bertz CT molecular complexity index is 1250. The van der Waals surface area contributed by atoms with E-state index in [1.54, 1.807) is 12.6 Å². The third-order valence-electron chi connectivity index (χ3n) is 5.90. The van der Waals surface area contributed by atoms with Gasteiger partial charge in [-0.15, -0.1) is 0 Å². The lowest BCUT2D eigenvalue weighted by Crippen LogP contribution is -2.27. The summed E-state index contributed by atoms with van der Waals surface area (Å²) in [6.45, 7) is 2.37. The molecule has 0 bridgehead atoms. The number of furan rings is 1. The third-order valence-corrected chi connectivity index (χ3v) is 5.90. The molecule has 1 saturated heterocycles. The van der Waals surface area contributed by atoms with Crippen molar-refractivity contribution in [2.75, 3.05) is 23.7 Å². The first-order chi connectivity index (χ1) is 15.6. The highest BCUT2D eigenvalue weighted by atomic mass is 16.3. The number of nitrogens with zero attached hydrogens (tertiary/aromatic N) is 5. The number of imidazole rings is 1. The van der Waals surface area contributed by atoms with E-state index in [4.69, 9.17) is 15.9 Å². The van der Waals surface area contributed by atoms with E-state index in [0.29, 0.717) is 29.6 Å². The van der Waals surface area contributed by atoms with Crippen LogP contribution in [0.4, 0.5) is 11.5 Å². The molecule has 5 N–H and O–H groups in total. The number of nitrogens with two attached hydrogens (primary N) is 2. The number of aromatic nitrogens is 4. The highest BCUT2D eigenvalue weighted by Crippen LogP contribution is 2.33. The van der Waals surface area contributed by atoms with Crippen molar-refractivity contribution in [2.24, 2.45) is 5.73 Å². The zero-order valence-electron chi connectivity index (χ0n) is 17.6. The highest BCUT2D eigenvalue weighted by Gasteiger charge is 2.24. The molecular formula is C22H26N8O2. The number of nitrogen functional groups attached to an aromatic ring is 1. The topological polar surface area (TPSA) is 141 Å². The largest absolute Gasteiger partial charge is 0.464 e. The van der Waals surface area contributed by atoms with Crippen LogP contribution in [0, 0.1) is 0 Å². The van der Waals surface area contributed by atoms with Crippen molar-refractivity contribution in [3.63, 3.8) is 0 Å². The summed E-state index contributed by atoms with van der Waals surface area (Å²) in [7, 11) is 0. The van der Waals surface area contributed by atoms with Crippen molar-refractivity contribution >= 4 is 40.0 Å². The van der Waals surface area contributed by atoms with Crippen LogP contribution >= 0.6 is 0 Å². The summed E-state index contributed by atoms with van der Waals surface area (Å²) in [5, 5.41) is 3.71. The predicted octanol–water partition coefficient (Wildman–Crippen LogP) is 1.64. The minimum atomic E-state index is 0.205. The highest BCUT2D eigenvalue weighted by molar-refractivity contribution is 5.87. The maximum Gasteiger partial charge on any atom is 0.207 e. The first kappa shape index (κ1) is 20.3. The van der Waals surface area contributed by atoms with E-state index in [-0.39, 0.29) is 6.04 Å². The monoisotopic (exact) mass is 434 g/mol. The van der Waals surface area contributed by atoms with E-state index < -0.39 is 0 Å². The van der Waals surface area contributed by atoms with Gasteiger partial charge in [0.05, 0.1) is 19.1 Å². The van der Waals surface area contributed by atoms with Gasteiger partial charge in [-0.1, -0.05) is 0 Å². The third kappa shape index (κ3) is 3.96. The van der Waals surface area contributed by atoms with Gasteiger partial charge in [0.15, 0.2) is 11.5 Å². The van der Waals surface area contributed by atoms with Gasteiger partial charge in [-0.3, -0.25) is 4.79 Å². The van der Waals surface area contributed by atoms with Gasteiger partial charge in [0.25, 0.3) is 0 Å². The van der Waals surface area contributed by atoms with Crippen LogP contribution in [-0.4, -0.2) is 51.1 Å². The van der Waals surface area contributed by atoms with Gasteiger partial charge in [-0.05, 0) is 37.5 Å². The Balaban J connectivity index is 0.000000314. The minimum absolute atomic E-state index is 0.205. The summed E-state index contributed by atoms with van der Waals surface area (Å²) < 4.78 is 7.79. The Morgan fingerprint density at radius 1 is 1.19 bits per heavy atom. The van der Waals surface area contributed by atoms with Crippen molar-refractivity contribution in [3.05, 3.63) is 42.7 Å². The van der Waals surface area contributed by atoms with E-state index in [1.807, 2.05) is 10.6 Å². The van der Waals surface area contributed by atoms with Crippen molar-refractivity contribution in [1.82, 2.24) is 24.8 Å². The van der Waals surface area contributed by atoms with Crippen molar-refractivity contribution in [1.29, 1.82) is 0 Å². The molecule has 1 amide bonds. The molecule has 6 rings (SSSR count). The second-order valence-electron chi connectivity index (χ2n) is 8.26. The zero-order chi connectivity index (χ0) is 22.1. The summed E-state index contributed by atoms with van der Waals surface area (Å²) in [6.07, 6.45) is 9.04. The molecule has 1 unspecified atom stereocenters. The van der Waals surface area contributed by atoms with E-state index >= 15 is 0 Å². The van der Waals surface area contributed by atoms with Crippen LogP contribution in [0.25, 0.3) is 22.1 Å². The number of hydrogen-bond donors (Lipinski definition) is 3. The van der Waals surface area contributed by atoms with Gasteiger partial charge in [0, 0.05) is 41.8 Å². The van der Waals surface area contributed by atoms with Crippen LogP contribution in [0.1, 0.15) is 24.8 Å². The first-order valence-corrected chi connectivity index (χ1v) is 10.7. The van der Waals surface area contributed by atoms with Crippen molar-refractivity contribution in [2.45, 2.75) is 37.9 Å². The van der Waals surface area contributed by atoms with Gasteiger partial charge in [0.2, 0.25) is 6.41 Å². The number of carbonyl (C=O) groups excluding carboxylic acids is 1. The number of fused-ring (bicyclic) bond motifs is 2. The summed E-state index contributed by atoms with van der Waals surface area (Å²) in [5.41, 5.74) is 16.5. The molecule has 1 aromatic carbocycles. The average molecular weight is 435 g/mol. The second-order valence-corrected chi connectivity index (χ2v) is 8.26. The molecule has 1 atom stereocenters. The van der Waals surface area contributed by atoms with Gasteiger partial charge in [-0.25, -0.2) is 15.0 Å². The van der Waals surface area contributed by atoms with Crippen LogP contribution in [0.3, 0.4) is 0 Å². The molecule has 10 nitrogen and oxygen atoms in total. The normalized spacial score (nSPS) is 18.0. The predicted molar refractivity (Wildman–Crippen MR) is 122 cm³/mol. The number of nitrogens with one attached hydrogen (secondary N) is 1.